The van der Waals surface area contributed by atoms with E-state index >= 15 is 0 Å². The monoisotopic (exact) mass is 226 g/mol. The predicted octanol–water partition coefficient (Wildman–Crippen LogP) is 1.12. The Morgan fingerprint density at radius 2 is 2.38 bits per heavy atom. The van der Waals surface area contributed by atoms with Gasteiger partial charge in [0, 0.05) is 12.7 Å². The zero-order valence-electron chi connectivity index (χ0n) is 9.64. The van der Waals surface area contributed by atoms with Crippen molar-refractivity contribution in [3.05, 3.63) is 35.1 Å². The molecule has 1 atom stereocenters. The van der Waals surface area contributed by atoms with Crippen molar-refractivity contribution >= 4 is 0 Å². The molecule has 0 radical (unpaired) electrons. The minimum atomic E-state index is -0.584. The normalized spacial score (nSPS) is 21.5. The van der Waals surface area contributed by atoms with E-state index in [0.717, 1.165) is 5.57 Å². The highest BCUT2D eigenvalue weighted by atomic mass is 16.7. The van der Waals surface area contributed by atoms with Crippen LogP contribution in [0.4, 0.5) is 0 Å². The van der Waals surface area contributed by atoms with Crippen LogP contribution in [0, 0.1) is 0 Å². The summed E-state index contributed by atoms with van der Waals surface area (Å²) in [7, 11) is 1.54. The molecule has 0 amide bonds. The number of hydrogen-bond donors (Lipinski definition) is 2. The van der Waals surface area contributed by atoms with E-state index in [2.05, 4.69) is 0 Å². The van der Waals surface area contributed by atoms with Crippen molar-refractivity contribution in [2.24, 2.45) is 0 Å². The molecule has 0 aromatic rings. The number of ether oxygens (including phenoxy) is 2. The van der Waals surface area contributed by atoms with Gasteiger partial charge in [-0.1, -0.05) is 12.2 Å². The maximum absolute atomic E-state index is 9.88. The van der Waals surface area contributed by atoms with Gasteiger partial charge in [-0.05, 0) is 25.0 Å². The third-order valence-corrected chi connectivity index (χ3v) is 2.38. The molecule has 1 rings (SSSR count). The zero-order valence-corrected chi connectivity index (χ0v) is 9.64. The van der Waals surface area contributed by atoms with E-state index in [1.165, 1.54) is 0 Å². The second kappa shape index (κ2) is 6.48. The van der Waals surface area contributed by atoms with Crippen LogP contribution < -0.4 is 0 Å². The quantitative estimate of drug-likeness (QED) is 0.690. The lowest BCUT2D eigenvalue weighted by molar-refractivity contribution is 0.00684. The minimum Gasteiger partial charge on any atom is -0.467 e. The summed E-state index contributed by atoms with van der Waals surface area (Å²) >= 11 is 0. The van der Waals surface area contributed by atoms with Crippen LogP contribution in [0.1, 0.15) is 13.3 Å². The highest BCUT2D eigenvalue weighted by Gasteiger charge is 2.20. The maximum Gasteiger partial charge on any atom is 0.188 e. The summed E-state index contributed by atoms with van der Waals surface area (Å²) in [5.41, 5.74) is 1.54. The summed E-state index contributed by atoms with van der Waals surface area (Å²) in [6.07, 6.45) is 5.29. The first-order chi connectivity index (χ1) is 7.70. The standard InChI is InChI=1S/C12H18O4/c1-9(6-7-13)12-10(14)4-3-5-11(12)16-8-15-2/h3,5-6,10,13-14H,4,7-8H2,1-2H3/b9-6-. The van der Waals surface area contributed by atoms with Gasteiger partial charge < -0.3 is 19.7 Å². The third-order valence-electron chi connectivity index (χ3n) is 2.38. The molecule has 0 aliphatic heterocycles. The van der Waals surface area contributed by atoms with E-state index in [1.54, 1.807) is 13.2 Å². The van der Waals surface area contributed by atoms with Crippen molar-refractivity contribution in [1.82, 2.24) is 0 Å². The molecular formula is C12H18O4. The van der Waals surface area contributed by atoms with Crippen LogP contribution in [-0.4, -0.2) is 36.8 Å². The average molecular weight is 226 g/mol. The van der Waals surface area contributed by atoms with E-state index in [9.17, 15) is 5.11 Å². The highest BCUT2D eigenvalue weighted by Crippen LogP contribution is 2.26. The van der Waals surface area contributed by atoms with Crippen molar-refractivity contribution in [1.29, 1.82) is 0 Å². The minimum absolute atomic E-state index is 0.0523. The fraction of sp³-hybridized carbons (Fsp3) is 0.500. The number of allylic oxidation sites excluding steroid dienone is 1. The topological polar surface area (TPSA) is 58.9 Å². The van der Waals surface area contributed by atoms with Crippen LogP contribution in [0.5, 0.6) is 0 Å². The van der Waals surface area contributed by atoms with Gasteiger partial charge in [0.25, 0.3) is 0 Å². The van der Waals surface area contributed by atoms with Crippen molar-refractivity contribution in [2.45, 2.75) is 19.4 Å². The number of aliphatic hydroxyl groups excluding tert-OH is 2. The van der Waals surface area contributed by atoms with E-state index in [0.29, 0.717) is 17.8 Å². The van der Waals surface area contributed by atoms with Gasteiger partial charge in [-0.25, -0.2) is 0 Å². The second-order valence-corrected chi connectivity index (χ2v) is 3.55. The second-order valence-electron chi connectivity index (χ2n) is 3.55. The molecule has 4 heteroatoms. The molecule has 0 heterocycles. The number of aliphatic hydroxyl groups is 2. The van der Waals surface area contributed by atoms with Crippen LogP contribution in [0.25, 0.3) is 0 Å². The summed E-state index contributed by atoms with van der Waals surface area (Å²) in [6, 6.07) is 0. The van der Waals surface area contributed by atoms with Crippen LogP contribution in [-0.2, 0) is 9.47 Å². The molecule has 4 nitrogen and oxygen atoms in total. The molecule has 1 aliphatic rings. The summed E-state index contributed by atoms with van der Waals surface area (Å²) in [5.74, 6) is 0.600. The lowest BCUT2D eigenvalue weighted by Crippen LogP contribution is -2.17. The first kappa shape index (κ1) is 13.0. The Morgan fingerprint density at radius 3 is 3.00 bits per heavy atom. The molecular weight excluding hydrogens is 208 g/mol. The lowest BCUT2D eigenvalue weighted by Gasteiger charge is -2.21. The van der Waals surface area contributed by atoms with Gasteiger partial charge in [0.05, 0.1) is 12.7 Å². The van der Waals surface area contributed by atoms with Crippen LogP contribution >= 0.6 is 0 Å². The summed E-state index contributed by atoms with van der Waals surface area (Å²) < 4.78 is 10.2. The van der Waals surface area contributed by atoms with Crippen LogP contribution in [0.2, 0.25) is 0 Å². The maximum atomic E-state index is 9.88. The molecule has 0 spiro atoms. The Labute approximate surface area is 95.5 Å². The van der Waals surface area contributed by atoms with Gasteiger partial charge in [0.2, 0.25) is 0 Å². The van der Waals surface area contributed by atoms with Crippen LogP contribution in [0.3, 0.4) is 0 Å². The van der Waals surface area contributed by atoms with Crippen molar-refractivity contribution in [3.8, 4) is 0 Å². The van der Waals surface area contributed by atoms with Gasteiger partial charge in [-0.2, -0.15) is 0 Å². The molecule has 0 saturated heterocycles. The Kier molecular flexibility index (Phi) is 5.25. The van der Waals surface area contributed by atoms with Gasteiger partial charge >= 0.3 is 0 Å². The largest absolute Gasteiger partial charge is 0.467 e. The Morgan fingerprint density at radius 1 is 1.62 bits per heavy atom. The Hall–Kier alpha value is -1.10. The van der Waals surface area contributed by atoms with Crippen molar-refractivity contribution < 1.29 is 19.7 Å². The highest BCUT2D eigenvalue weighted by molar-refractivity contribution is 5.41. The number of hydrogen-bond acceptors (Lipinski definition) is 4. The van der Waals surface area contributed by atoms with Gasteiger partial charge in [0.15, 0.2) is 6.79 Å². The molecule has 1 aliphatic carbocycles. The predicted molar refractivity (Wildman–Crippen MR) is 60.6 cm³/mol. The zero-order chi connectivity index (χ0) is 12.0. The molecule has 0 aromatic carbocycles. The van der Waals surface area contributed by atoms with Gasteiger partial charge in [-0.15, -0.1) is 0 Å². The molecule has 0 saturated carbocycles. The molecule has 0 fully saturated rings. The number of rotatable bonds is 5. The summed E-state index contributed by atoms with van der Waals surface area (Å²) in [5, 5.41) is 18.7. The lowest BCUT2D eigenvalue weighted by atomic mass is 9.94. The average Bonchev–Trinajstić information content (AvgIpc) is 2.26. The Bertz CT molecular complexity index is 315. The molecule has 16 heavy (non-hydrogen) atoms. The first-order valence-corrected chi connectivity index (χ1v) is 5.19. The van der Waals surface area contributed by atoms with Crippen LogP contribution in [0.15, 0.2) is 35.1 Å². The fourth-order valence-electron chi connectivity index (χ4n) is 1.63. The number of methoxy groups -OCH3 is 1. The Balaban J connectivity index is 2.95. The van der Waals surface area contributed by atoms with E-state index < -0.39 is 6.10 Å². The fourth-order valence-corrected chi connectivity index (χ4v) is 1.63. The van der Waals surface area contributed by atoms with E-state index in [4.69, 9.17) is 14.6 Å². The van der Waals surface area contributed by atoms with Gasteiger partial charge in [0.1, 0.15) is 5.76 Å². The van der Waals surface area contributed by atoms with E-state index in [1.807, 2.05) is 19.1 Å². The summed E-state index contributed by atoms with van der Waals surface area (Å²) in [4.78, 5) is 0. The molecule has 0 aromatic heterocycles. The molecule has 1 unspecified atom stereocenters. The third kappa shape index (κ3) is 3.20. The van der Waals surface area contributed by atoms with Crippen molar-refractivity contribution in [3.63, 3.8) is 0 Å². The first-order valence-electron chi connectivity index (χ1n) is 5.19. The van der Waals surface area contributed by atoms with E-state index in [-0.39, 0.29) is 13.4 Å². The SMILES string of the molecule is COCOC1=C(/C(C)=C\CO)C(O)CC=C1. The molecule has 90 valence electrons. The smallest absolute Gasteiger partial charge is 0.188 e. The van der Waals surface area contributed by atoms with Gasteiger partial charge in [-0.3, -0.25) is 0 Å². The molecule has 0 bridgehead atoms. The molecule has 2 N–H and O–H groups in total. The summed E-state index contributed by atoms with van der Waals surface area (Å²) in [6.45, 7) is 1.93. The van der Waals surface area contributed by atoms with Crippen molar-refractivity contribution in [2.75, 3.05) is 20.5 Å².